The third-order valence-corrected chi connectivity index (χ3v) is 5.70. The average Bonchev–Trinajstić information content (AvgIpc) is 3.19. The minimum atomic E-state index is -4.49. The Morgan fingerprint density at radius 2 is 1.66 bits per heavy atom. The molecule has 11 heteroatoms. The highest BCUT2D eigenvalue weighted by molar-refractivity contribution is 5.85. The number of alkyl halides is 3. The first kappa shape index (κ1) is 30.9. The van der Waals surface area contributed by atoms with E-state index >= 15 is 0 Å². The van der Waals surface area contributed by atoms with Gasteiger partial charge in [0.1, 0.15) is 5.60 Å². The average molecular weight is 538 g/mol. The Morgan fingerprint density at radius 3 is 2.13 bits per heavy atom. The van der Waals surface area contributed by atoms with Crippen molar-refractivity contribution in [3.8, 4) is 0 Å². The number of nitrogens with one attached hydrogen (secondary N) is 3. The van der Waals surface area contributed by atoms with E-state index in [2.05, 4.69) is 32.8 Å². The highest BCUT2D eigenvalue weighted by atomic mass is 19.4. The molecule has 2 atom stereocenters. The van der Waals surface area contributed by atoms with E-state index < -0.39 is 23.4 Å². The van der Waals surface area contributed by atoms with Crippen LogP contribution in [0.1, 0.15) is 72.1 Å². The largest absolute Gasteiger partial charge is 0.444 e. The summed E-state index contributed by atoms with van der Waals surface area (Å²) < 4.78 is 43.3. The Hall–Kier alpha value is -3.37. The van der Waals surface area contributed by atoms with Crippen LogP contribution >= 0.6 is 0 Å². The number of benzene rings is 1. The molecule has 1 saturated carbocycles. The van der Waals surface area contributed by atoms with E-state index in [0.29, 0.717) is 17.3 Å². The molecule has 0 saturated heterocycles. The first-order valence-electron chi connectivity index (χ1n) is 12.6. The van der Waals surface area contributed by atoms with Crippen LogP contribution in [0.4, 0.5) is 35.3 Å². The molecule has 0 radical (unpaired) electrons. The maximum Gasteiger partial charge on any atom is 0.419 e. The molecule has 1 aromatic heterocycles. The summed E-state index contributed by atoms with van der Waals surface area (Å²) in [6.45, 7) is 12.7. The Kier molecular flexibility index (Phi) is 10.5. The van der Waals surface area contributed by atoms with E-state index in [1.807, 2.05) is 13.8 Å². The molecule has 8 nitrogen and oxygen atoms in total. The molecule has 2 aromatic rings. The summed E-state index contributed by atoms with van der Waals surface area (Å²) in [4.78, 5) is 30.7. The molecule has 2 amide bonds. The minimum Gasteiger partial charge on any atom is -0.444 e. The predicted molar refractivity (Wildman–Crippen MR) is 141 cm³/mol. The van der Waals surface area contributed by atoms with Crippen LogP contribution < -0.4 is 16.0 Å². The van der Waals surface area contributed by atoms with Crippen LogP contribution in [0.15, 0.2) is 30.5 Å². The van der Waals surface area contributed by atoms with Crippen LogP contribution in [0.3, 0.4) is 0 Å². The third-order valence-electron chi connectivity index (χ3n) is 5.70. The third kappa shape index (κ3) is 10.2. The summed E-state index contributed by atoms with van der Waals surface area (Å²) in [6, 6.07) is 6.77. The highest BCUT2D eigenvalue weighted by Gasteiger charge is 2.33. The zero-order valence-corrected chi connectivity index (χ0v) is 23.0. The summed E-state index contributed by atoms with van der Waals surface area (Å²) >= 11 is 0. The molecular weight excluding hydrogens is 499 g/mol. The van der Waals surface area contributed by atoms with Gasteiger partial charge in [-0.25, -0.2) is 14.8 Å². The molecule has 1 heterocycles. The van der Waals surface area contributed by atoms with Gasteiger partial charge in [0.2, 0.25) is 11.9 Å². The number of aromatic nitrogens is 2. The number of aryl methyl sites for hydroxylation is 1. The quantitative estimate of drug-likeness (QED) is 0.386. The van der Waals surface area contributed by atoms with Crippen molar-refractivity contribution in [2.45, 2.75) is 85.5 Å². The van der Waals surface area contributed by atoms with Gasteiger partial charge in [0, 0.05) is 29.5 Å². The number of anilines is 3. The van der Waals surface area contributed by atoms with E-state index in [4.69, 9.17) is 4.74 Å². The van der Waals surface area contributed by atoms with Gasteiger partial charge < -0.3 is 15.4 Å². The number of nitrogens with zero attached hydrogens (tertiary/aromatic N) is 2. The van der Waals surface area contributed by atoms with Gasteiger partial charge >= 0.3 is 12.3 Å². The standard InChI is InChI=1S/C17H19F3N4O2.C10H19NO/c1-10-13(17(18,19)20)9-21-14(22-10)23-11-5-7-12(8-6-11)24-15(25)26-16(2,3)4;1-7(2)11-10(12)9-6-4-5-8(9)3/h5-9H,1-4H3,(H,24,25)(H,21,22,23);7-9H,4-6H2,1-3H3,(H,11,12)/t;8-,9?/m.1/s1. The molecule has 0 bridgehead atoms. The van der Waals surface area contributed by atoms with Crippen LogP contribution in [0.25, 0.3) is 0 Å². The molecule has 3 rings (SSSR count). The molecule has 1 fully saturated rings. The number of hydrogen-bond acceptors (Lipinski definition) is 6. The van der Waals surface area contributed by atoms with Crippen molar-refractivity contribution in [3.05, 3.63) is 41.7 Å². The number of ether oxygens (including phenoxy) is 1. The smallest absolute Gasteiger partial charge is 0.419 e. The molecule has 1 unspecified atom stereocenters. The first-order chi connectivity index (χ1) is 17.5. The van der Waals surface area contributed by atoms with Crippen molar-refractivity contribution in [2.75, 3.05) is 10.6 Å². The minimum absolute atomic E-state index is 0.0448. The number of hydrogen-bond donors (Lipinski definition) is 3. The van der Waals surface area contributed by atoms with Crippen LogP contribution in [0.5, 0.6) is 0 Å². The van der Waals surface area contributed by atoms with Gasteiger partial charge in [0.25, 0.3) is 0 Å². The Morgan fingerprint density at radius 1 is 1.05 bits per heavy atom. The monoisotopic (exact) mass is 537 g/mol. The zero-order chi connectivity index (χ0) is 28.7. The van der Waals surface area contributed by atoms with Crippen molar-refractivity contribution in [1.82, 2.24) is 15.3 Å². The predicted octanol–water partition coefficient (Wildman–Crippen LogP) is 6.84. The Balaban J connectivity index is 0.000000352. The molecule has 1 aliphatic rings. The number of rotatable bonds is 5. The molecule has 210 valence electrons. The van der Waals surface area contributed by atoms with Crippen LogP contribution in [-0.4, -0.2) is 33.6 Å². The molecule has 0 aliphatic heterocycles. The van der Waals surface area contributed by atoms with Crippen molar-refractivity contribution in [1.29, 1.82) is 0 Å². The lowest BCUT2D eigenvalue weighted by molar-refractivity contribution is -0.138. The Bertz CT molecular complexity index is 1080. The number of carbonyl (C=O) groups excluding carboxylic acids is 2. The second-order valence-electron chi connectivity index (χ2n) is 10.7. The lowest BCUT2D eigenvalue weighted by Crippen LogP contribution is -2.36. The summed E-state index contributed by atoms with van der Waals surface area (Å²) in [5.74, 6) is 1.18. The molecule has 38 heavy (non-hydrogen) atoms. The van der Waals surface area contributed by atoms with Gasteiger partial charge in [-0.3, -0.25) is 10.1 Å². The van der Waals surface area contributed by atoms with Crippen LogP contribution in [0, 0.1) is 18.8 Å². The summed E-state index contributed by atoms with van der Waals surface area (Å²) in [7, 11) is 0. The normalized spacial score (nSPS) is 17.3. The topological polar surface area (TPSA) is 105 Å². The highest BCUT2D eigenvalue weighted by Crippen LogP contribution is 2.32. The molecular formula is C27H38F3N5O3. The Labute approximate surface area is 222 Å². The van der Waals surface area contributed by atoms with E-state index in [0.717, 1.165) is 12.6 Å². The fourth-order valence-corrected chi connectivity index (χ4v) is 3.92. The number of amides is 2. The number of carbonyl (C=O) groups is 2. The maximum absolute atomic E-state index is 12.7. The van der Waals surface area contributed by atoms with Crippen molar-refractivity contribution in [2.24, 2.45) is 11.8 Å². The SMILES string of the molecule is CC(C)NC(=O)C1CCC[C@H]1C.Cc1nc(Nc2ccc(NC(=O)OC(C)(C)C)cc2)ncc1C(F)(F)F. The molecule has 1 aliphatic carbocycles. The fraction of sp³-hybridized carbons (Fsp3) is 0.556. The van der Waals surface area contributed by atoms with Gasteiger partial charge in [-0.05, 0) is 84.6 Å². The first-order valence-corrected chi connectivity index (χ1v) is 12.6. The number of halogens is 3. The lowest BCUT2D eigenvalue weighted by atomic mass is 9.97. The van der Waals surface area contributed by atoms with E-state index in [1.54, 1.807) is 45.0 Å². The molecule has 1 aromatic carbocycles. The van der Waals surface area contributed by atoms with Crippen molar-refractivity contribution < 1.29 is 27.5 Å². The second-order valence-corrected chi connectivity index (χ2v) is 10.7. The van der Waals surface area contributed by atoms with Gasteiger partial charge in [-0.2, -0.15) is 13.2 Å². The molecule has 3 N–H and O–H groups in total. The van der Waals surface area contributed by atoms with Gasteiger partial charge in [-0.1, -0.05) is 13.3 Å². The second kappa shape index (κ2) is 12.9. The summed E-state index contributed by atoms with van der Waals surface area (Å²) in [6.07, 6.45) is -0.812. The van der Waals surface area contributed by atoms with E-state index in [9.17, 15) is 22.8 Å². The van der Waals surface area contributed by atoms with Crippen LogP contribution in [0.2, 0.25) is 0 Å². The summed E-state index contributed by atoms with van der Waals surface area (Å²) in [5, 5.41) is 8.36. The fourth-order valence-electron chi connectivity index (χ4n) is 3.92. The zero-order valence-electron chi connectivity index (χ0n) is 23.0. The molecule has 0 spiro atoms. The van der Waals surface area contributed by atoms with E-state index in [-0.39, 0.29) is 29.5 Å². The van der Waals surface area contributed by atoms with E-state index in [1.165, 1.54) is 19.8 Å². The summed E-state index contributed by atoms with van der Waals surface area (Å²) in [5.41, 5.74) is -0.588. The van der Waals surface area contributed by atoms with Crippen molar-refractivity contribution in [3.63, 3.8) is 0 Å². The van der Waals surface area contributed by atoms with Gasteiger partial charge in [0.15, 0.2) is 0 Å². The van der Waals surface area contributed by atoms with Gasteiger partial charge in [0.05, 0.1) is 11.3 Å². The lowest BCUT2D eigenvalue weighted by Gasteiger charge is -2.19. The van der Waals surface area contributed by atoms with Crippen molar-refractivity contribution >= 4 is 29.3 Å². The maximum atomic E-state index is 12.7. The van der Waals surface area contributed by atoms with Crippen LogP contribution in [-0.2, 0) is 15.7 Å². The van der Waals surface area contributed by atoms with Gasteiger partial charge in [-0.15, -0.1) is 0 Å².